The highest BCUT2D eigenvalue weighted by atomic mass is 79.9. The van der Waals surface area contributed by atoms with Gasteiger partial charge in [-0.3, -0.25) is 0 Å². The van der Waals surface area contributed by atoms with Crippen LogP contribution in [0.2, 0.25) is 0 Å². The van der Waals surface area contributed by atoms with Crippen LogP contribution in [-0.4, -0.2) is 16.2 Å². The van der Waals surface area contributed by atoms with E-state index in [-0.39, 0.29) is 5.69 Å². The molecule has 1 atom stereocenters. The van der Waals surface area contributed by atoms with E-state index in [4.69, 9.17) is 0 Å². The molecule has 0 unspecified atom stereocenters. The lowest BCUT2D eigenvalue weighted by Gasteiger charge is -2.01. The van der Waals surface area contributed by atoms with Gasteiger partial charge in [0.1, 0.15) is 5.69 Å². The van der Waals surface area contributed by atoms with Crippen LogP contribution < -0.4 is 0 Å². The Hall–Kier alpha value is -0.420. The Balaban J connectivity index is 3.23. The zero-order valence-electron chi connectivity index (χ0n) is 7.96. The van der Waals surface area contributed by atoms with Gasteiger partial charge in [0.05, 0.1) is 0 Å². The van der Waals surface area contributed by atoms with E-state index in [1.165, 1.54) is 18.4 Å². The van der Waals surface area contributed by atoms with Gasteiger partial charge in [-0.1, -0.05) is 22.9 Å². The summed E-state index contributed by atoms with van der Waals surface area (Å²) in [5.41, 5.74) is 0.155. The van der Waals surface area contributed by atoms with Crippen molar-refractivity contribution < 1.29 is 8.60 Å². The number of rotatable bonds is 2. The van der Waals surface area contributed by atoms with Crippen LogP contribution in [-0.2, 0) is 9.73 Å². The molecule has 0 amide bonds. The molecule has 0 N–H and O–H groups in total. The normalized spacial score (nSPS) is 14.9. The van der Waals surface area contributed by atoms with E-state index in [9.17, 15) is 8.60 Å². The van der Waals surface area contributed by atoms with Crippen LogP contribution in [0.3, 0.4) is 0 Å². The van der Waals surface area contributed by atoms with E-state index in [0.29, 0.717) is 10.2 Å². The first-order chi connectivity index (χ1) is 6.44. The predicted octanol–water partition coefficient (Wildman–Crippen LogP) is 3.34. The first-order valence-electron chi connectivity index (χ1n) is 4.09. The minimum atomic E-state index is -2.29. The van der Waals surface area contributed by atoms with Crippen LogP contribution in [0.15, 0.2) is 27.0 Å². The maximum Gasteiger partial charge on any atom is 0.150 e. The summed E-state index contributed by atoms with van der Waals surface area (Å²) in [5, 5.41) is 0. The number of hydrogen-bond donors (Lipinski definition) is 0. The van der Waals surface area contributed by atoms with Gasteiger partial charge in [-0.05, 0) is 18.2 Å². The third-order valence-electron chi connectivity index (χ3n) is 1.74. The highest BCUT2D eigenvalue weighted by Crippen LogP contribution is 2.23. The fourth-order valence-corrected chi connectivity index (χ4v) is 1.85. The van der Waals surface area contributed by atoms with Crippen molar-refractivity contribution in [3.63, 3.8) is 0 Å². The summed E-state index contributed by atoms with van der Waals surface area (Å²) in [6.45, 7) is 1.77. The second-order valence-electron chi connectivity index (χ2n) is 2.94. The van der Waals surface area contributed by atoms with E-state index < -0.39 is 15.5 Å². The minimum absolute atomic E-state index is 0.155. The van der Waals surface area contributed by atoms with Crippen molar-refractivity contribution in [3.05, 3.63) is 28.5 Å². The van der Waals surface area contributed by atoms with Crippen LogP contribution in [0.1, 0.15) is 6.92 Å². The lowest BCUT2D eigenvalue weighted by Crippen LogP contribution is -1.98. The summed E-state index contributed by atoms with van der Waals surface area (Å²) < 4.78 is 29.4. The van der Waals surface area contributed by atoms with Crippen molar-refractivity contribution in [2.75, 3.05) is 12.0 Å². The van der Waals surface area contributed by atoms with Gasteiger partial charge in [0.2, 0.25) is 0 Å². The standard InChI is InChI=1S/C9H11BrFNOS/c1-3-14(2,13)12-9-5-4-7(10)6-8(9)11/h4-6H,3H2,1-2H3/t14-/m1/s1. The SMILES string of the molecule is CC[S@@](C)(=O)=Nc1ccc(Br)cc1F. The zero-order valence-corrected chi connectivity index (χ0v) is 10.4. The minimum Gasteiger partial charge on any atom is -0.250 e. The van der Waals surface area contributed by atoms with E-state index in [1.807, 2.05) is 0 Å². The van der Waals surface area contributed by atoms with Crippen molar-refractivity contribution in [1.29, 1.82) is 0 Å². The average Bonchev–Trinajstić information content (AvgIpc) is 2.10. The van der Waals surface area contributed by atoms with Gasteiger partial charge >= 0.3 is 0 Å². The summed E-state index contributed by atoms with van der Waals surface area (Å²) in [4.78, 5) is 0. The molecule has 0 bridgehead atoms. The molecule has 0 spiro atoms. The highest BCUT2D eigenvalue weighted by molar-refractivity contribution is 9.10. The lowest BCUT2D eigenvalue weighted by molar-refractivity contribution is 0.628. The van der Waals surface area contributed by atoms with Crippen LogP contribution in [0.4, 0.5) is 10.1 Å². The largest absolute Gasteiger partial charge is 0.250 e. The number of benzene rings is 1. The Labute approximate surface area is 91.8 Å². The molecule has 0 radical (unpaired) electrons. The van der Waals surface area contributed by atoms with Crippen molar-refractivity contribution in [2.45, 2.75) is 6.92 Å². The molecule has 1 aromatic carbocycles. The molecule has 1 aromatic rings. The number of hydrogen-bond acceptors (Lipinski definition) is 2. The van der Waals surface area contributed by atoms with E-state index in [0.717, 1.165) is 0 Å². The molecule has 0 aliphatic heterocycles. The second kappa shape index (κ2) is 4.40. The fraction of sp³-hybridized carbons (Fsp3) is 0.333. The van der Waals surface area contributed by atoms with Gasteiger partial charge in [-0.15, -0.1) is 0 Å². The van der Waals surface area contributed by atoms with E-state index in [1.54, 1.807) is 13.0 Å². The van der Waals surface area contributed by atoms with Gasteiger partial charge in [0.15, 0.2) is 5.82 Å². The second-order valence-corrected chi connectivity index (χ2v) is 6.53. The van der Waals surface area contributed by atoms with Gasteiger partial charge < -0.3 is 0 Å². The summed E-state index contributed by atoms with van der Waals surface area (Å²) in [7, 11) is -2.29. The molecule has 0 aliphatic rings. The van der Waals surface area contributed by atoms with Crippen LogP contribution in [0.5, 0.6) is 0 Å². The molecule has 0 saturated carbocycles. The zero-order chi connectivity index (χ0) is 10.8. The number of nitrogens with zero attached hydrogens (tertiary/aromatic N) is 1. The van der Waals surface area contributed by atoms with E-state index in [2.05, 4.69) is 20.3 Å². The molecule has 1 rings (SSSR count). The monoisotopic (exact) mass is 279 g/mol. The van der Waals surface area contributed by atoms with Crippen molar-refractivity contribution in [2.24, 2.45) is 4.36 Å². The lowest BCUT2D eigenvalue weighted by atomic mass is 10.3. The molecule has 0 saturated heterocycles. The Morgan fingerprint density at radius 3 is 2.71 bits per heavy atom. The Morgan fingerprint density at radius 2 is 2.21 bits per heavy atom. The summed E-state index contributed by atoms with van der Waals surface area (Å²) in [5.74, 6) is -0.0370. The van der Waals surface area contributed by atoms with Crippen LogP contribution in [0, 0.1) is 5.82 Å². The van der Waals surface area contributed by atoms with Crippen molar-refractivity contribution in [3.8, 4) is 0 Å². The van der Waals surface area contributed by atoms with Crippen LogP contribution >= 0.6 is 15.9 Å². The maximum absolute atomic E-state index is 13.3. The third kappa shape index (κ3) is 3.06. The summed E-state index contributed by atoms with van der Waals surface area (Å²) >= 11 is 3.14. The molecule has 5 heteroatoms. The molecule has 78 valence electrons. The highest BCUT2D eigenvalue weighted by Gasteiger charge is 2.04. The average molecular weight is 280 g/mol. The molecule has 0 fully saturated rings. The maximum atomic E-state index is 13.3. The van der Waals surface area contributed by atoms with Gasteiger partial charge in [-0.2, -0.15) is 4.36 Å². The first-order valence-corrected chi connectivity index (χ1v) is 6.98. The van der Waals surface area contributed by atoms with Crippen LogP contribution in [0.25, 0.3) is 0 Å². The van der Waals surface area contributed by atoms with Crippen molar-refractivity contribution >= 4 is 31.3 Å². The van der Waals surface area contributed by atoms with Gasteiger partial charge in [-0.25, -0.2) is 8.60 Å². The molecule has 0 aliphatic carbocycles. The molecule has 0 heterocycles. The fourth-order valence-electron chi connectivity index (χ4n) is 0.828. The Kier molecular flexibility index (Phi) is 3.66. The molecule has 0 aromatic heterocycles. The van der Waals surface area contributed by atoms with E-state index >= 15 is 0 Å². The Morgan fingerprint density at radius 1 is 1.57 bits per heavy atom. The smallest absolute Gasteiger partial charge is 0.150 e. The van der Waals surface area contributed by atoms with Gasteiger partial charge in [0, 0.05) is 26.2 Å². The summed E-state index contributed by atoms with van der Waals surface area (Å²) in [6, 6.07) is 4.50. The number of halogens is 2. The topological polar surface area (TPSA) is 29.4 Å². The van der Waals surface area contributed by atoms with Crippen molar-refractivity contribution in [1.82, 2.24) is 0 Å². The Bertz CT molecular complexity index is 452. The molecular weight excluding hydrogens is 269 g/mol. The third-order valence-corrected chi connectivity index (χ3v) is 3.88. The quantitative estimate of drug-likeness (QED) is 0.817. The predicted molar refractivity (Wildman–Crippen MR) is 60.8 cm³/mol. The molecule has 2 nitrogen and oxygen atoms in total. The van der Waals surface area contributed by atoms with Gasteiger partial charge in [0.25, 0.3) is 0 Å². The molecular formula is C9H11BrFNOS. The summed E-state index contributed by atoms with van der Waals surface area (Å²) in [6.07, 6.45) is 1.52. The molecule has 14 heavy (non-hydrogen) atoms. The first kappa shape index (κ1) is 11.7.